The van der Waals surface area contributed by atoms with E-state index >= 15 is 0 Å². The molecule has 2 amide bonds. The van der Waals surface area contributed by atoms with Crippen LogP contribution in [0.1, 0.15) is 56.3 Å². The van der Waals surface area contributed by atoms with Gasteiger partial charge in [-0.15, -0.1) is 0 Å². The average Bonchev–Trinajstić information content (AvgIpc) is 2.64. The maximum absolute atomic E-state index is 12.9. The highest BCUT2D eigenvalue weighted by Crippen LogP contribution is 2.33. The molecule has 2 fully saturated rings. The summed E-state index contributed by atoms with van der Waals surface area (Å²) in [6.45, 7) is 6.24. The Hall–Kier alpha value is -2.08. The smallest absolute Gasteiger partial charge is 0.258 e. The highest BCUT2D eigenvalue weighted by atomic mass is 16.5. The number of nitrogens with zero attached hydrogens (tertiary/aromatic N) is 2. The van der Waals surface area contributed by atoms with Gasteiger partial charge >= 0.3 is 0 Å². The van der Waals surface area contributed by atoms with Crippen LogP contribution >= 0.6 is 0 Å². The van der Waals surface area contributed by atoms with Crippen molar-refractivity contribution in [1.82, 2.24) is 15.1 Å². The molecule has 6 heteroatoms. The molecule has 0 radical (unpaired) electrons. The van der Waals surface area contributed by atoms with Crippen molar-refractivity contribution in [3.05, 3.63) is 29.8 Å². The molecular weight excluding hydrogens is 342 g/mol. The largest absolute Gasteiger partial charge is 0.467 e. The van der Waals surface area contributed by atoms with Crippen LogP contribution < -0.4 is 10.1 Å². The molecule has 0 bridgehead atoms. The third kappa shape index (κ3) is 3.55. The van der Waals surface area contributed by atoms with Crippen LogP contribution in [0.25, 0.3) is 0 Å². The van der Waals surface area contributed by atoms with Gasteiger partial charge in [0.1, 0.15) is 5.75 Å². The number of carbonyl (C=O) groups excluding carboxylic acids is 2. The molecule has 1 aromatic carbocycles. The lowest BCUT2D eigenvalue weighted by Crippen LogP contribution is -2.62. The van der Waals surface area contributed by atoms with Gasteiger partial charge in [-0.3, -0.25) is 14.5 Å². The molecule has 0 aliphatic carbocycles. The van der Waals surface area contributed by atoms with Crippen LogP contribution in [0, 0.1) is 0 Å². The van der Waals surface area contributed by atoms with E-state index in [-0.39, 0.29) is 11.8 Å². The Balaban J connectivity index is 1.37. The van der Waals surface area contributed by atoms with E-state index in [4.69, 9.17) is 4.74 Å². The first kappa shape index (κ1) is 18.3. The summed E-state index contributed by atoms with van der Waals surface area (Å²) in [5, 5.41) is 3.06. The lowest BCUT2D eigenvalue weighted by atomic mass is 9.96. The first-order chi connectivity index (χ1) is 13.0. The predicted octanol–water partition coefficient (Wildman–Crippen LogP) is 2.39. The van der Waals surface area contributed by atoms with Crippen molar-refractivity contribution in [3.8, 4) is 5.75 Å². The molecule has 0 unspecified atom stereocenters. The van der Waals surface area contributed by atoms with Crippen molar-refractivity contribution in [2.75, 3.05) is 19.6 Å². The van der Waals surface area contributed by atoms with Crippen molar-refractivity contribution < 1.29 is 14.3 Å². The zero-order valence-corrected chi connectivity index (χ0v) is 16.2. The topological polar surface area (TPSA) is 61.9 Å². The molecule has 1 N–H and O–H groups in total. The van der Waals surface area contributed by atoms with E-state index < -0.39 is 5.72 Å². The average molecular weight is 371 g/mol. The molecule has 4 rings (SSSR count). The second kappa shape index (κ2) is 7.15. The Morgan fingerprint density at radius 1 is 1.19 bits per heavy atom. The molecule has 2 saturated heterocycles. The van der Waals surface area contributed by atoms with Gasteiger partial charge in [-0.2, -0.15) is 0 Å². The van der Waals surface area contributed by atoms with Crippen LogP contribution in [0.2, 0.25) is 0 Å². The third-order valence-corrected chi connectivity index (χ3v) is 6.28. The SMILES string of the molecule is C[C@@H]1CCC[C@H](C)N1C(=O)CN1CCC2(CC1)NC(=O)c1ccccc1O2. The number of piperidine rings is 2. The number of hydrogen-bond acceptors (Lipinski definition) is 4. The molecule has 1 aromatic rings. The van der Waals surface area contributed by atoms with Crippen LogP contribution in [0.3, 0.4) is 0 Å². The minimum absolute atomic E-state index is 0.0719. The summed E-state index contributed by atoms with van der Waals surface area (Å²) in [6.07, 6.45) is 4.77. The number of nitrogens with one attached hydrogen (secondary N) is 1. The first-order valence-electron chi connectivity index (χ1n) is 10.1. The van der Waals surface area contributed by atoms with Crippen molar-refractivity contribution in [1.29, 1.82) is 0 Å². The van der Waals surface area contributed by atoms with Gasteiger partial charge in [0.15, 0.2) is 5.72 Å². The quantitative estimate of drug-likeness (QED) is 0.867. The number of carbonyl (C=O) groups is 2. The molecule has 0 aromatic heterocycles. The van der Waals surface area contributed by atoms with Crippen molar-refractivity contribution >= 4 is 11.8 Å². The lowest BCUT2D eigenvalue weighted by Gasteiger charge is -2.45. The van der Waals surface area contributed by atoms with E-state index in [1.54, 1.807) is 6.07 Å². The zero-order valence-electron chi connectivity index (χ0n) is 16.2. The van der Waals surface area contributed by atoms with Gasteiger partial charge in [0, 0.05) is 38.0 Å². The second-order valence-electron chi connectivity index (χ2n) is 8.25. The standard InChI is InChI=1S/C21H29N3O3/c1-15-6-5-7-16(2)24(15)19(25)14-23-12-10-21(11-13-23)22-20(26)17-8-3-4-9-18(17)27-21/h3-4,8-9,15-16H,5-7,10-14H2,1-2H3,(H,22,26)/t15-,16+. The van der Waals surface area contributed by atoms with Gasteiger partial charge in [-0.25, -0.2) is 0 Å². The minimum atomic E-state index is -0.642. The number of fused-ring (bicyclic) bond motifs is 1. The Bertz CT molecular complexity index is 717. The van der Waals surface area contributed by atoms with E-state index in [9.17, 15) is 9.59 Å². The van der Waals surface area contributed by atoms with Crippen LogP contribution in [-0.2, 0) is 4.79 Å². The van der Waals surface area contributed by atoms with Crippen LogP contribution in [0.4, 0.5) is 0 Å². The maximum atomic E-state index is 12.9. The molecule has 27 heavy (non-hydrogen) atoms. The van der Waals surface area contributed by atoms with Crippen LogP contribution in [-0.4, -0.2) is 59.1 Å². The summed E-state index contributed by atoms with van der Waals surface area (Å²) in [5.74, 6) is 0.809. The van der Waals surface area contributed by atoms with Crippen molar-refractivity contribution in [2.24, 2.45) is 0 Å². The van der Waals surface area contributed by atoms with Gasteiger partial charge in [0.25, 0.3) is 5.91 Å². The minimum Gasteiger partial charge on any atom is -0.467 e. The first-order valence-corrected chi connectivity index (χ1v) is 10.1. The fourth-order valence-electron chi connectivity index (χ4n) is 4.74. The Morgan fingerprint density at radius 3 is 2.56 bits per heavy atom. The molecule has 0 saturated carbocycles. The Kier molecular flexibility index (Phi) is 4.84. The number of rotatable bonds is 2. The van der Waals surface area contributed by atoms with E-state index in [0.717, 1.165) is 25.9 Å². The second-order valence-corrected chi connectivity index (χ2v) is 8.25. The van der Waals surface area contributed by atoms with Gasteiger partial charge in [0.05, 0.1) is 12.1 Å². The summed E-state index contributed by atoms with van der Waals surface area (Å²) in [5.41, 5.74) is -0.0507. The van der Waals surface area contributed by atoms with E-state index in [2.05, 4.69) is 29.0 Å². The molecule has 1 spiro atoms. The third-order valence-electron chi connectivity index (χ3n) is 6.28. The summed E-state index contributed by atoms with van der Waals surface area (Å²) in [7, 11) is 0. The van der Waals surface area contributed by atoms with E-state index in [1.165, 1.54) is 6.42 Å². The zero-order chi connectivity index (χ0) is 19.0. The van der Waals surface area contributed by atoms with E-state index in [0.29, 0.717) is 42.8 Å². The van der Waals surface area contributed by atoms with Gasteiger partial charge < -0.3 is 15.0 Å². The van der Waals surface area contributed by atoms with Crippen LogP contribution in [0.15, 0.2) is 24.3 Å². The number of benzene rings is 1. The van der Waals surface area contributed by atoms with Crippen LogP contribution in [0.5, 0.6) is 5.75 Å². The predicted molar refractivity (Wildman–Crippen MR) is 103 cm³/mol. The Morgan fingerprint density at radius 2 is 1.85 bits per heavy atom. The lowest BCUT2D eigenvalue weighted by molar-refractivity contribution is -0.139. The van der Waals surface area contributed by atoms with Gasteiger partial charge in [-0.1, -0.05) is 12.1 Å². The highest BCUT2D eigenvalue weighted by molar-refractivity contribution is 5.98. The van der Waals surface area contributed by atoms with E-state index in [1.807, 2.05) is 18.2 Å². The molecule has 3 aliphatic rings. The number of likely N-dealkylation sites (tertiary alicyclic amines) is 2. The van der Waals surface area contributed by atoms with Gasteiger partial charge in [-0.05, 0) is 45.2 Å². The van der Waals surface area contributed by atoms with Gasteiger partial charge in [0.2, 0.25) is 5.91 Å². The molecule has 3 heterocycles. The molecule has 3 aliphatic heterocycles. The Labute approximate surface area is 160 Å². The fraction of sp³-hybridized carbons (Fsp3) is 0.619. The number of amides is 2. The summed E-state index contributed by atoms with van der Waals surface area (Å²) in [6, 6.07) is 8.03. The number of para-hydroxylation sites is 1. The molecule has 146 valence electrons. The maximum Gasteiger partial charge on any atom is 0.258 e. The molecule has 6 nitrogen and oxygen atoms in total. The van der Waals surface area contributed by atoms with Crippen molar-refractivity contribution in [3.63, 3.8) is 0 Å². The summed E-state index contributed by atoms with van der Waals surface area (Å²) >= 11 is 0. The molecule has 2 atom stereocenters. The highest BCUT2D eigenvalue weighted by Gasteiger charge is 2.43. The number of hydrogen-bond donors (Lipinski definition) is 1. The summed E-state index contributed by atoms with van der Waals surface area (Å²) < 4.78 is 6.18. The summed E-state index contributed by atoms with van der Waals surface area (Å²) in [4.78, 5) is 29.5. The molecular formula is C21H29N3O3. The van der Waals surface area contributed by atoms with Crippen molar-refractivity contribution in [2.45, 2.75) is 63.8 Å². The fourth-order valence-corrected chi connectivity index (χ4v) is 4.74. The monoisotopic (exact) mass is 371 g/mol. The normalized spacial score (nSPS) is 27.6. The number of ether oxygens (including phenoxy) is 1.